The molecule has 0 atom stereocenters. The Balaban J connectivity index is 2.31. The van der Waals surface area contributed by atoms with Crippen LogP contribution >= 0.6 is 15.9 Å². The van der Waals surface area contributed by atoms with Gasteiger partial charge in [-0.15, -0.1) is 0 Å². The number of ether oxygens (including phenoxy) is 1. The number of benzene rings is 1. The van der Waals surface area contributed by atoms with Gasteiger partial charge in [-0.2, -0.15) is 15.0 Å². The van der Waals surface area contributed by atoms with E-state index in [0.29, 0.717) is 28.7 Å². The highest BCUT2D eigenvalue weighted by Gasteiger charge is 2.10. The first kappa shape index (κ1) is 15.4. The zero-order valence-electron chi connectivity index (χ0n) is 11.9. The van der Waals surface area contributed by atoms with Gasteiger partial charge in [0.1, 0.15) is 11.6 Å². The maximum absolute atomic E-state index is 13.2. The molecule has 0 saturated heterocycles. The van der Waals surface area contributed by atoms with Gasteiger partial charge >= 0.3 is 6.01 Å². The fourth-order valence-electron chi connectivity index (χ4n) is 1.47. The van der Waals surface area contributed by atoms with Gasteiger partial charge in [0.05, 0.1) is 4.47 Å². The molecule has 2 rings (SSSR count). The highest BCUT2D eigenvalue weighted by molar-refractivity contribution is 9.10. The summed E-state index contributed by atoms with van der Waals surface area (Å²) in [6.07, 6.45) is 0. The number of rotatable bonds is 5. The highest BCUT2D eigenvalue weighted by atomic mass is 79.9. The lowest BCUT2D eigenvalue weighted by molar-refractivity contribution is 0.438. The molecular formula is C13H15BrFN5O. The Kier molecular flexibility index (Phi) is 4.89. The standard InChI is InChI=1S/C13H15BrFN5O/c1-4-16-11-17-12(20(2)3)19-13(18-11)21-8-5-6-10(15)9(14)7-8/h5-7H,4H2,1-3H3,(H,16,17,18,19). The first-order valence-electron chi connectivity index (χ1n) is 6.29. The fourth-order valence-corrected chi connectivity index (χ4v) is 1.83. The van der Waals surface area contributed by atoms with Crippen LogP contribution in [-0.2, 0) is 0 Å². The third kappa shape index (κ3) is 4.01. The van der Waals surface area contributed by atoms with Gasteiger partial charge in [-0.05, 0) is 41.1 Å². The van der Waals surface area contributed by atoms with E-state index in [2.05, 4.69) is 36.2 Å². The van der Waals surface area contributed by atoms with Crippen molar-refractivity contribution < 1.29 is 9.13 Å². The van der Waals surface area contributed by atoms with Crippen LogP contribution in [0.2, 0.25) is 0 Å². The smallest absolute Gasteiger partial charge is 0.328 e. The molecule has 0 aliphatic rings. The fraction of sp³-hybridized carbons (Fsp3) is 0.308. The Labute approximate surface area is 130 Å². The zero-order valence-corrected chi connectivity index (χ0v) is 13.5. The van der Waals surface area contributed by atoms with Gasteiger partial charge in [0.25, 0.3) is 0 Å². The largest absolute Gasteiger partial charge is 0.424 e. The molecule has 0 spiro atoms. The molecule has 0 saturated carbocycles. The molecule has 0 aliphatic carbocycles. The van der Waals surface area contributed by atoms with E-state index in [0.717, 1.165) is 0 Å². The summed E-state index contributed by atoms with van der Waals surface area (Å²) in [5.74, 6) is 0.964. The van der Waals surface area contributed by atoms with E-state index in [-0.39, 0.29) is 11.8 Å². The van der Waals surface area contributed by atoms with Crippen LogP contribution in [0.4, 0.5) is 16.3 Å². The van der Waals surface area contributed by atoms with E-state index in [1.165, 1.54) is 18.2 Å². The summed E-state index contributed by atoms with van der Waals surface area (Å²) >= 11 is 3.11. The molecular weight excluding hydrogens is 341 g/mol. The van der Waals surface area contributed by atoms with E-state index in [1.54, 1.807) is 4.90 Å². The van der Waals surface area contributed by atoms with E-state index in [1.807, 2.05) is 21.0 Å². The van der Waals surface area contributed by atoms with Gasteiger partial charge in [0.2, 0.25) is 11.9 Å². The minimum absolute atomic E-state index is 0.142. The molecule has 8 heteroatoms. The number of hydrogen-bond donors (Lipinski definition) is 1. The lowest BCUT2D eigenvalue weighted by atomic mass is 10.3. The molecule has 0 aliphatic heterocycles. The topological polar surface area (TPSA) is 63.2 Å². The van der Waals surface area contributed by atoms with Crippen molar-refractivity contribution in [1.29, 1.82) is 0 Å². The number of hydrogen-bond acceptors (Lipinski definition) is 6. The van der Waals surface area contributed by atoms with Crippen molar-refractivity contribution in [2.24, 2.45) is 0 Å². The van der Waals surface area contributed by atoms with Gasteiger partial charge in [-0.25, -0.2) is 4.39 Å². The molecule has 1 aromatic heterocycles. The van der Waals surface area contributed by atoms with Crippen LogP contribution in [0, 0.1) is 5.82 Å². The molecule has 1 aromatic carbocycles. The third-order valence-corrected chi connectivity index (χ3v) is 3.05. The van der Waals surface area contributed by atoms with Crippen molar-refractivity contribution >= 4 is 27.8 Å². The molecule has 0 bridgehead atoms. The normalized spacial score (nSPS) is 10.3. The predicted octanol–water partition coefficient (Wildman–Crippen LogP) is 3.06. The quantitative estimate of drug-likeness (QED) is 0.889. The Morgan fingerprint density at radius 3 is 2.67 bits per heavy atom. The molecule has 0 radical (unpaired) electrons. The van der Waals surface area contributed by atoms with Crippen LogP contribution in [-0.4, -0.2) is 35.6 Å². The Hall–Kier alpha value is -1.96. The van der Waals surface area contributed by atoms with Crippen LogP contribution in [0.1, 0.15) is 6.92 Å². The first-order chi connectivity index (χ1) is 9.99. The van der Waals surface area contributed by atoms with Crippen LogP contribution in [0.15, 0.2) is 22.7 Å². The maximum Gasteiger partial charge on any atom is 0.328 e. The van der Waals surface area contributed by atoms with Crippen molar-refractivity contribution in [3.63, 3.8) is 0 Å². The second-order valence-electron chi connectivity index (χ2n) is 4.34. The lowest BCUT2D eigenvalue weighted by Gasteiger charge is -2.13. The third-order valence-electron chi connectivity index (χ3n) is 2.44. The Bertz CT molecular complexity index is 638. The minimum atomic E-state index is -0.361. The molecule has 112 valence electrons. The number of nitrogens with one attached hydrogen (secondary N) is 1. The monoisotopic (exact) mass is 355 g/mol. The number of aromatic nitrogens is 3. The molecule has 0 fully saturated rings. The van der Waals surface area contributed by atoms with Crippen molar-refractivity contribution in [2.75, 3.05) is 30.9 Å². The number of nitrogens with zero attached hydrogens (tertiary/aromatic N) is 4. The van der Waals surface area contributed by atoms with Crippen molar-refractivity contribution in [2.45, 2.75) is 6.92 Å². The summed E-state index contributed by atoms with van der Waals surface area (Å²) in [6.45, 7) is 2.62. The van der Waals surface area contributed by atoms with Crippen molar-refractivity contribution in [3.8, 4) is 11.8 Å². The Morgan fingerprint density at radius 2 is 2.05 bits per heavy atom. The van der Waals surface area contributed by atoms with Gasteiger partial charge in [0, 0.05) is 20.6 Å². The molecule has 21 heavy (non-hydrogen) atoms. The van der Waals surface area contributed by atoms with E-state index in [4.69, 9.17) is 4.74 Å². The van der Waals surface area contributed by atoms with Crippen molar-refractivity contribution in [1.82, 2.24) is 15.0 Å². The summed E-state index contributed by atoms with van der Waals surface area (Å²) in [5.41, 5.74) is 0. The summed E-state index contributed by atoms with van der Waals surface area (Å²) in [4.78, 5) is 14.3. The summed E-state index contributed by atoms with van der Waals surface area (Å²) in [7, 11) is 3.65. The summed E-state index contributed by atoms with van der Waals surface area (Å²) < 4.78 is 19.1. The van der Waals surface area contributed by atoms with Crippen molar-refractivity contribution in [3.05, 3.63) is 28.5 Å². The molecule has 2 aromatic rings. The second kappa shape index (κ2) is 6.66. The average molecular weight is 356 g/mol. The SMILES string of the molecule is CCNc1nc(Oc2ccc(F)c(Br)c2)nc(N(C)C)n1. The Morgan fingerprint density at radius 1 is 1.29 bits per heavy atom. The minimum Gasteiger partial charge on any atom is -0.424 e. The average Bonchev–Trinajstić information content (AvgIpc) is 2.43. The molecule has 0 unspecified atom stereocenters. The van der Waals surface area contributed by atoms with Gasteiger partial charge in [-0.3, -0.25) is 0 Å². The maximum atomic E-state index is 13.2. The lowest BCUT2D eigenvalue weighted by Crippen LogP contribution is -2.15. The van der Waals surface area contributed by atoms with Crippen LogP contribution in [0.5, 0.6) is 11.8 Å². The van der Waals surface area contributed by atoms with Gasteiger partial charge in [-0.1, -0.05) is 0 Å². The predicted molar refractivity (Wildman–Crippen MR) is 82.5 cm³/mol. The van der Waals surface area contributed by atoms with Crippen LogP contribution in [0.3, 0.4) is 0 Å². The molecule has 1 N–H and O–H groups in total. The van der Waals surface area contributed by atoms with E-state index >= 15 is 0 Å². The summed E-state index contributed by atoms with van der Waals surface area (Å²) in [6, 6.07) is 4.47. The van der Waals surface area contributed by atoms with E-state index < -0.39 is 0 Å². The molecule has 6 nitrogen and oxygen atoms in total. The van der Waals surface area contributed by atoms with Gasteiger partial charge < -0.3 is 15.0 Å². The van der Waals surface area contributed by atoms with Crippen LogP contribution in [0.25, 0.3) is 0 Å². The van der Waals surface area contributed by atoms with Crippen LogP contribution < -0.4 is 15.0 Å². The summed E-state index contributed by atoms with van der Waals surface area (Å²) in [5, 5.41) is 3.01. The molecule has 0 amide bonds. The van der Waals surface area contributed by atoms with Gasteiger partial charge in [0.15, 0.2) is 0 Å². The number of halogens is 2. The number of anilines is 2. The second-order valence-corrected chi connectivity index (χ2v) is 5.20. The first-order valence-corrected chi connectivity index (χ1v) is 7.09. The van der Waals surface area contributed by atoms with E-state index in [9.17, 15) is 4.39 Å². The zero-order chi connectivity index (χ0) is 15.4. The highest BCUT2D eigenvalue weighted by Crippen LogP contribution is 2.25. The molecule has 1 heterocycles.